The van der Waals surface area contributed by atoms with E-state index >= 15 is 0 Å². The van der Waals surface area contributed by atoms with Gasteiger partial charge in [-0.2, -0.15) is 5.26 Å². The molecule has 0 saturated heterocycles. The van der Waals surface area contributed by atoms with Crippen LogP contribution in [0.5, 0.6) is 5.75 Å². The van der Waals surface area contributed by atoms with E-state index in [1.54, 1.807) is 18.2 Å². The fourth-order valence-corrected chi connectivity index (χ4v) is 2.41. The molecule has 1 atom stereocenters. The van der Waals surface area contributed by atoms with Crippen LogP contribution in [0.2, 0.25) is 0 Å². The molecule has 0 aromatic heterocycles. The van der Waals surface area contributed by atoms with E-state index < -0.39 is 11.9 Å². The molecule has 2 rings (SSSR count). The molecule has 0 spiro atoms. The van der Waals surface area contributed by atoms with E-state index in [-0.39, 0.29) is 12.5 Å². The Labute approximate surface area is 169 Å². The minimum absolute atomic E-state index is 0.113. The topological polar surface area (TPSA) is 100 Å². The number of rotatable bonds is 9. The van der Waals surface area contributed by atoms with Gasteiger partial charge in [-0.3, -0.25) is 9.59 Å². The zero-order chi connectivity index (χ0) is 21.1. The van der Waals surface area contributed by atoms with Crippen LogP contribution in [-0.4, -0.2) is 18.5 Å². The van der Waals surface area contributed by atoms with Crippen molar-refractivity contribution < 1.29 is 19.1 Å². The number of nitrogens with one attached hydrogen (secondary N) is 2. The van der Waals surface area contributed by atoms with E-state index in [4.69, 9.17) is 9.47 Å². The summed E-state index contributed by atoms with van der Waals surface area (Å²) in [5, 5.41) is 14.9. The molecule has 2 N–H and O–H groups in total. The van der Waals surface area contributed by atoms with Gasteiger partial charge in [0.2, 0.25) is 5.91 Å². The summed E-state index contributed by atoms with van der Waals surface area (Å²) in [5.74, 6) is -1.33. The Morgan fingerprint density at radius 1 is 1.21 bits per heavy atom. The first-order valence-corrected chi connectivity index (χ1v) is 9.11. The van der Waals surface area contributed by atoms with Crippen molar-refractivity contribution >= 4 is 23.3 Å². The lowest BCUT2D eigenvalue weighted by atomic mass is 10.1. The van der Waals surface area contributed by atoms with Gasteiger partial charge in [0, 0.05) is 18.7 Å². The van der Waals surface area contributed by atoms with Gasteiger partial charge >= 0.3 is 5.97 Å². The summed E-state index contributed by atoms with van der Waals surface area (Å²) in [4.78, 5) is 23.4. The maximum Gasteiger partial charge on any atom is 0.327 e. The van der Waals surface area contributed by atoms with Crippen molar-refractivity contribution in [2.45, 2.75) is 20.5 Å². The summed E-state index contributed by atoms with van der Waals surface area (Å²) in [6.07, 6.45) is 2.93. The van der Waals surface area contributed by atoms with Crippen LogP contribution >= 0.6 is 0 Å². The lowest BCUT2D eigenvalue weighted by Gasteiger charge is -2.12. The fourth-order valence-electron chi connectivity index (χ4n) is 2.41. The van der Waals surface area contributed by atoms with E-state index in [0.717, 1.165) is 5.56 Å². The van der Waals surface area contributed by atoms with Gasteiger partial charge in [0.1, 0.15) is 12.4 Å². The minimum atomic E-state index is -1.03. The van der Waals surface area contributed by atoms with Crippen LogP contribution in [0, 0.1) is 17.2 Å². The number of carbonyl (C=O) groups excluding carboxylic acids is 2. The van der Waals surface area contributed by atoms with Gasteiger partial charge in [0.25, 0.3) is 0 Å². The van der Waals surface area contributed by atoms with Crippen molar-refractivity contribution in [2.75, 3.05) is 17.2 Å². The third-order valence-electron chi connectivity index (χ3n) is 3.75. The Kier molecular flexibility index (Phi) is 8.27. The zero-order valence-corrected chi connectivity index (χ0v) is 16.3. The molecule has 0 aliphatic carbocycles. The number of anilines is 2. The molecule has 0 bridgehead atoms. The number of hydrogen-bond acceptors (Lipinski definition) is 6. The highest BCUT2D eigenvalue weighted by Gasteiger charge is 2.16. The maximum atomic E-state index is 12.1. The van der Waals surface area contributed by atoms with Crippen molar-refractivity contribution in [3.63, 3.8) is 0 Å². The lowest BCUT2D eigenvalue weighted by Crippen LogP contribution is -2.14. The normalized spacial score (nSPS) is 11.3. The molecule has 7 heteroatoms. The van der Waals surface area contributed by atoms with E-state index in [1.165, 1.54) is 19.2 Å². The van der Waals surface area contributed by atoms with Crippen LogP contribution in [0.4, 0.5) is 11.4 Å². The predicted molar refractivity (Wildman–Crippen MR) is 110 cm³/mol. The first-order chi connectivity index (χ1) is 14.0. The van der Waals surface area contributed by atoms with Crippen LogP contribution in [0.1, 0.15) is 19.4 Å². The Bertz CT molecular complexity index is 904. The van der Waals surface area contributed by atoms with Crippen molar-refractivity contribution in [2.24, 2.45) is 5.92 Å². The molecule has 0 unspecified atom stereocenters. The molecule has 2 aromatic rings. The van der Waals surface area contributed by atoms with Crippen LogP contribution in [0.25, 0.3) is 0 Å². The van der Waals surface area contributed by atoms with Crippen LogP contribution in [0.15, 0.2) is 60.8 Å². The van der Waals surface area contributed by atoms with E-state index in [1.807, 2.05) is 43.3 Å². The molecule has 0 aliphatic heterocycles. The second kappa shape index (κ2) is 11.1. The maximum absolute atomic E-state index is 12.1. The van der Waals surface area contributed by atoms with Crippen molar-refractivity contribution in [3.05, 3.63) is 66.4 Å². The number of hydrogen-bond donors (Lipinski definition) is 2. The second-order valence-electron chi connectivity index (χ2n) is 6.03. The molecule has 0 heterocycles. The van der Waals surface area contributed by atoms with E-state index in [2.05, 4.69) is 10.6 Å². The monoisotopic (exact) mass is 393 g/mol. The van der Waals surface area contributed by atoms with Gasteiger partial charge in [0.05, 0.1) is 18.4 Å². The Morgan fingerprint density at radius 3 is 2.62 bits per heavy atom. The van der Waals surface area contributed by atoms with Crippen molar-refractivity contribution in [1.82, 2.24) is 0 Å². The molecule has 7 nitrogen and oxygen atoms in total. The molecule has 0 aliphatic rings. The standard InChI is InChI=1S/C22H23N3O4/c1-3-28-21-13-19(9-10-20(21)25-16(2)26)24-12-11-18(14-23)22(27)29-15-17-7-5-4-6-8-17/h4-13,18,24H,3,15H2,1-2H3,(H,25,26)/b12-11+/t18-/m1/s1. The Balaban J connectivity index is 1.97. The van der Waals surface area contributed by atoms with Crippen LogP contribution < -0.4 is 15.4 Å². The van der Waals surface area contributed by atoms with Gasteiger partial charge in [-0.05, 0) is 36.9 Å². The number of benzene rings is 2. The van der Waals surface area contributed by atoms with E-state index in [0.29, 0.717) is 23.7 Å². The molecule has 2 aromatic carbocycles. The number of carbonyl (C=O) groups is 2. The quantitative estimate of drug-likeness (QED) is 0.628. The van der Waals surface area contributed by atoms with Gasteiger partial charge in [-0.25, -0.2) is 0 Å². The molecule has 0 fully saturated rings. The van der Waals surface area contributed by atoms with Gasteiger partial charge < -0.3 is 20.1 Å². The summed E-state index contributed by atoms with van der Waals surface area (Å²) in [5.41, 5.74) is 2.09. The van der Waals surface area contributed by atoms with Gasteiger partial charge in [0.15, 0.2) is 5.92 Å². The molecule has 150 valence electrons. The SMILES string of the molecule is CCOc1cc(N/C=C/[C@H](C#N)C(=O)OCc2ccccc2)ccc1NC(C)=O. The number of nitrogens with zero attached hydrogens (tertiary/aromatic N) is 1. The third kappa shape index (κ3) is 7.03. The smallest absolute Gasteiger partial charge is 0.327 e. The van der Waals surface area contributed by atoms with Crippen molar-refractivity contribution in [3.8, 4) is 11.8 Å². The number of ether oxygens (including phenoxy) is 2. The lowest BCUT2D eigenvalue weighted by molar-refractivity contribution is -0.146. The summed E-state index contributed by atoms with van der Waals surface area (Å²) < 4.78 is 10.7. The Morgan fingerprint density at radius 2 is 1.97 bits per heavy atom. The molecular formula is C22H23N3O4. The minimum Gasteiger partial charge on any atom is -0.492 e. The fraction of sp³-hybridized carbons (Fsp3) is 0.227. The zero-order valence-electron chi connectivity index (χ0n) is 16.3. The average Bonchev–Trinajstić information content (AvgIpc) is 2.72. The highest BCUT2D eigenvalue weighted by Crippen LogP contribution is 2.28. The molecular weight excluding hydrogens is 370 g/mol. The summed E-state index contributed by atoms with van der Waals surface area (Å²) >= 11 is 0. The number of amides is 1. The first kappa shape index (κ1) is 21.5. The molecule has 29 heavy (non-hydrogen) atoms. The number of esters is 1. The Hall–Kier alpha value is -3.79. The summed E-state index contributed by atoms with van der Waals surface area (Å²) in [6, 6.07) is 16.3. The van der Waals surface area contributed by atoms with Crippen LogP contribution in [-0.2, 0) is 20.9 Å². The largest absolute Gasteiger partial charge is 0.492 e. The highest BCUT2D eigenvalue weighted by atomic mass is 16.5. The second-order valence-corrected chi connectivity index (χ2v) is 6.03. The highest BCUT2D eigenvalue weighted by molar-refractivity contribution is 5.90. The van der Waals surface area contributed by atoms with Crippen LogP contribution in [0.3, 0.4) is 0 Å². The van der Waals surface area contributed by atoms with Crippen molar-refractivity contribution in [1.29, 1.82) is 5.26 Å². The summed E-state index contributed by atoms with van der Waals surface area (Å²) in [7, 11) is 0. The first-order valence-electron chi connectivity index (χ1n) is 9.11. The molecule has 1 amide bonds. The third-order valence-corrected chi connectivity index (χ3v) is 3.75. The average molecular weight is 393 g/mol. The molecule has 0 saturated carbocycles. The predicted octanol–water partition coefficient (Wildman–Crippen LogP) is 3.85. The van der Waals surface area contributed by atoms with Gasteiger partial charge in [-0.1, -0.05) is 30.3 Å². The van der Waals surface area contributed by atoms with Gasteiger partial charge in [-0.15, -0.1) is 0 Å². The van der Waals surface area contributed by atoms with E-state index in [9.17, 15) is 14.9 Å². The molecule has 0 radical (unpaired) electrons. The number of nitriles is 1. The summed E-state index contributed by atoms with van der Waals surface area (Å²) in [6.45, 7) is 3.82.